The summed E-state index contributed by atoms with van der Waals surface area (Å²) in [7, 11) is 0. The Hall–Kier alpha value is -3.75. The molecular weight excluding hydrogens is 442 g/mol. The van der Waals surface area contributed by atoms with E-state index in [0.29, 0.717) is 51.6 Å². The highest BCUT2D eigenvalue weighted by Crippen LogP contribution is 2.26. The Kier molecular flexibility index (Phi) is 7.02. The maximum Gasteiger partial charge on any atom is 0.289 e. The summed E-state index contributed by atoms with van der Waals surface area (Å²) in [5, 5.41) is 10.6. The van der Waals surface area contributed by atoms with Crippen molar-refractivity contribution < 1.29 is 14.3 Å². The highest BCUT2D eigenvalue weighted by Gasteiger charge is 2.26. The Labute approximate surface area is 204 Å². The summed E-state index contributed by atoms with van der Waals surface area (Å²) in [5.41, 5.74) is 2.07. The minimum Gasteiger partial charge on any atom is -0.459 e. The molecule has 1 amide bonds. The zero-order chi connectivity index (χ0) is 24.0. The average Bonchev–Trinajstić information content (AvgIpc) is 3.44. The first-order valence-corrected chi connectivity index (χ1v) is 11.9. The van der Waals surface area contributed by atoms with Gasteiger partial charge in [-0.15, -0.1) is 0 Å². The first-order valence-electron chi connectivity index (χ1n) is 11.9. The van der Waals surface area contributed by atoms with E-state index in [2.05, 4.69) is 21.9 Å². The van der Waals surface area contributed by atoms with E-state index in [1.54, 1.807) is 12.1 Å². The third kappa shape index (κ3) is 5.34. The number of carbonyl (C=O) groups is 1. The fraction of sp³-hybridized carbons (Fsp3) is 0.296. The van der Waals surface area contributed by atoms with Crippen LogP contribution >= 0.6 is 0 Å². The number of aliphatic hydroxyl groups excluding tert-OH is 1. The average molecular weight is 472 g/mol. The van der Waals surface area contributed by atoms with E-state index >= 15 is 0 Å². The molecule has 0 aliphatic carbocycles. The smallest absolute Gasteiger partial charge is 0.289 e. The van der Waals surface area contributed by atoms with Crippen LogP contribution in [0, 0.1) is 0 Å². The highest BCUT2D eigenvalue weighted by molar-refractivity contribution is 5.92. The van der Waals surface area contributed by atoms with Gasteiger partial charge in [0.2, 0.25) is 0 Å². The normalized spacial score (nSPS) is 14.1. The largest absolute Gasteiger partial charge is 0.459 e. The van der Waals surface area contributed by atoms with E-state index in [9.17, 15) is 9.90 Å². The van der Waals surface area contributed by atoms with Crippen LogP contribution in [0.4, 0.5) is 5.82 Å². The molecule has 0 saturated carbocycles. The lowest BCUT2D eigenvalue weighted by Crippen LogP contribution is -2.49. The zero-order valence-electron chi connectivity index (χ0n) is 19.6. The van der Waals surface area contributed by atoms with Crippen molar-refractivity contribution in [1.29, 1.82) is 0 Å². The van der Waals surface area contributed by atoms with Crippen LogP contribution in [0.5, 0.6) is 0 Å². The molecule has 0 atom stereocenters. The third-order valence-electron chi connectivity index (χ3n) is 6.26. The van der Waals surface area contributed by atoms with E-state index in [1.165, 1.54) is 11.8 Å². The van der Waals surface area contributed by atoms with Crippen LogP contribution in [0.15, 0.2) is 77.4 Å². The van der Waals surface area contributed by atoms with E-state index < -0.39 is 0 Å². The Balaban J connectivity index is 1.36. The lowest BCUT2D eigenvalue weighted by atomic mass is 10.2. The first-order chi connectivity index (χ1) is 17.2. The van der Waals surface area contributed by atoms with Gasteiger partial charge in [-0.2, -0.15) is 0 Å². The van der Waals surface area contributed by atoms with E-state index in [1.807, 2.05) is 47.4 Å². The summed E-state index contributed by atoms with van der Waals surface area (Å²) in [5.74, 6) is 1.90. The molecule has 0 spiro atoms. The summed E-state index contributed by atoms with van der Waals surface area (Å²) in [4.78, 5) is 28.7. The van der Waals surface area contributed by atoms with Crippen LogP contribution < -0.4 is 4.90 Å². The lowest BCUT2D eigenvalue weighted by Gasteiger charge is -2.35. The molecule has 8 heteroatoms. The third-order valence-corrected chi connectivity index (χ3v) is 6.26. The van der Waals surface area contributed by atoms with Crippen LogP contribution in [-0.4, -0.2) is 70.1 Å². The van der Waals surface area contributed by atoms with Crippen molar-refractivity contribution in [3.63, 3.8) is 0 Å². The van der Waals surface area contributed by atoms with Crippen molar-refractivity contribution >= 4 is 22.6 Å². The molecule has 1 N–H and O–H groups in total. The number of nitrogens with zero attached hydrogens (tertiary/aromatic N) is 5. The molecule has 4 aromatic rings. The van der Waals surface area contributed by atoms with Crippen LogP contribution in [0.1, 0.15) is 21.9 Å². The number of para-hydroxylation sites is 1. The van der Waals surface area contributed by atoms with Gasteiger partial charge in [0.05, 0.1) is 24.9 Å². The number of aromatic nitrogens is 2. The summed E-state index contributed by atoms with van der Waals surface area (Å²) < 4.78 is 5.28. The number of carbonyl (C=O) groups excluding carboxylic acids is 1. The maximum absolute atomic E-state index is 12.7. The summed E-state index contributed by atoms with van der Waals surface area (Å²) >= 11 is 0. The molecule has 1 saturated heterocycles. The van der Waals surface area contributed by atoms with E-state index in [0.717, 1.165) is 22.5 Å². The Bertz CT molecular complexity index is 1250. The Morgan fingerprint density at radius 3 is 2.43 bits per heavy atom. The highest BCUT2D eigenvalue weighted by atomic mass is 16.3. The molecule has 0 unspecified atom stereocenters. The number of hydrogen-bond acceptors (Lipinski definition) is 7. The molecule has 35 heavy (non-hydrogen) atoms. The number of benzene rings is 2. The Morgan fingerprint density at radius 2 is 1.69 bits per heavy atom. The fourth-order valence-corrected chi connectivity index (χ4v) is 4.49. The number of piperazine rings is 1. The predicted octanol–water partition coefficient (Wildman–Crippen LogP) is 3.18. The number of furan rings is 1. The summed E-state index contributed by atoms with van der Waals surface area (Å²) in [6.45, 7) is 4.39. The molecule has 2 aromatic heterocycles. The number of aliphatic hydroxyl groups is 1. The van der Waals surface area contributed by atoms with Gasteiger partial charge in [0.1, 0.15) is 11.6 Å². The second-order valence-electron chi connectivity index (χ2n) is 8.66. The van der Waals surface area contributed by atoms with Crippen molar-refractivity contribution in [2.45, 2.75) is 13.1 Å². The molecule has 1 aliphatic heterocycles. The van der Waals surface area contributed by atoms with Crippen molar-refractivity contribution in [2.75, 3.05) is 44.2 Å². The van der Waals surface area contributed by atoms with Crippen LogP contribution in [0.25, 0.3) is 10.9 Å². The SMILES string of the molecule is O=C(c1ccco1)N1CCN(c2nc(CN(CCO)Cc3ccccc3)nc3ccccc23)CC1. The molecule has 2 aromatic carbocycles. The number of rotatable bonds is 8. The van der Waals surface area contributed by atoms with Crippen molar-refractivity contribution in [3.8, 4) is 0 Å². The Morgan fingerprint density at radius 1 is 0.914 bits per heavy atom. The maximum atomic E-state index is 12.7. The van der Waals surface area contributed by atoms with Crippen molar-refractivity contribution in [2.24, 2.45) is 0 Å². The van der Waals surface area contributed by atoms with E-state index in [-0.39, 0.29) is 12.5 Å². The molecule has 5 rings (SSSR count). The van der Waals surface area contributed by atoms with Crippen LogP contribution in [-0.2, 0) is 13.1 Å². The number of hydrogen-bond donors (Lipinski definition) is 1. The minimum absolute atomic E-state index is 0.0684. The second kappa shape index (κ2) is 10.7. The minimum atomic E-state index is -0.0801. The molecule has 0 radical (unpaired) electrons. The summed E-state index contributed by atoms with van der Waals surface area (Å²) in [6, 6.07) is 21.7. The molecule has 8 nitrogen and oxygen atoms in total. The molecule has 1 fully saturated rings. The van der Waals surface area contributed by atoms with Gasteiger partial charge in [0.25, 0.3) is 5.91 Å². The molecule has 3 heterocycles. The monoisotopic (exact) mass is 471 g/mol. The molecule has 180 valence electrons. The zero-order valence-corrected chi connectivity index (χ0v) is 19.6. The number of anilines is 1. The van der Waals surface area contributed by atoms with Gasteiger partial charge in [-0.1, -0.05) is 42.5 Å². The van der Waals surface area contributed by atoms with Gasteiger partial charge in [0.15, 0.2) is 5.76 Å². The predicted molar refractivity (Wildman–Crippen MR) is 134 cm³/mol. The van der Waals surface area contributed by atoms with Gasteiger partial charge in [0, 0.05) is 44.7 Å². The van der Waals surface area contributed by atoms with Gasteiger partial charge >= 0.3 is 0 Å². The van der Waals surface area contributed by atoms with Crippen molar-refractivity contribution in [1.82, 2.24) is 19.8 Å². The second-order valence-corrected chi connectivity index (χ2v) is 8.66. The number of fused-ring (bicyclic) bond motifs is 1. The number of amides is 1. The van der Waals surface area contributed by atoms with Crippen LogP contribution in [0.3, 0.4) is 0 Å². The van der Waals surface area contributed by atoms with Gasteiger partial charge in [-0.05, 0) is 29.8 Å². The first kappa shape index (κ1) is 23.0. The van der Waals surface area contributed by atoms with Gasteiger partial charge in [-0.3, -0.25) is 9.69 Å². The molecular formula is C27H29N5O3. The summed E-state index contributed by atoms with van der Waals surface area (Å²) in [6.07, 6.45) is 1.52. The topological polar surface area (TPSA) is 85.9 Å². The fourth-order valence-electron chi connectivity index (χ4n) is 4.49. The molecule has 0 bridgehead atoms. The lowest BCUT2D eigenvalue weighted by molar-refractivity contribution is 0.0714. The molecule has 1 aliphatic rings. The standard InChI is InChI=1S/C27H29N5O3/c33-17-16-30(19-21-7-2-1-3-8-21)20-25-28-23-10-5-4-9-22(23)26(29-25)31-12-14-32(15-13-31)27(34)24-11-6-18-35-24/h1-11,18,33H,12-17,19-20H2. The quantitative estimate of drug-likeness (QED) is 0.422. The van der Waals surface area contributed by atoms with Crippen LogP contribution in [0.2, 0.25) is 0 Å². The van der Waals surface area contributed by atoms with Gasteiger partial charge < -0.3 is 19.3 Å². The van der Waals surface area contributed by atoms with Crippen molar-refractivity contribution in [3.05, 3.63) is 90.1 Å². The van der Waals surface area contributed by atoms with E-state index in [4.69, 9.17) is 14.4 Å². The van der Waals surface area contributed by atoms with Gasteiger partial charge in [-0.25, -0.2) is 9.97 Å².